The second kappa shape index (κ2) is 7.37. The van der Waals surface area contributed by atoms with Crippen LogP contribution in [-0.2, 0) is 11.3 Å². The van der Waals surface area contributed by atoms with Crippen molar-refractivity contribution in [3.8, 4) is 5.75 Å². The van der Waals surface area contributed by atoms with Gasteiger partial charge in [0.25, 0.3) is 0 Å². The number of para-hydroxylation sites is 1. The van der Waals surface area contributed by atoms with Gasteiger partial charge in [-0.05, 0) is 42.8 Å². The van der Waals surface area contributed by atoms with Crippen LogP contribution in [0.4, 0.5) is 10.5 Å². The maximum Gasteiger partial charge on any atom is 0.411 e. The van der Waals surface area contributed by atoms with Gasteiger partial charge in [0.1, 0.15) is 23.3 Å². The highest BCUT2D eigenvalue weighted by Gasteiger charge is 2.15. The SMILES string of the molecule is C=C1C=C(C)c2ccc(NC(=O)OCc3cc4ccccc4nc3Cl)cc2O1. The summed E-state index contributed by atoms with van der Waals surface area (Å²) in [5.74, 6) is 1.20. The Morgan fingerprint density at radius 3 is 2.93 bits per heavy atom. The van der Waals surface area contributed by atoms with Gasteiger partial charge in [-0.3, -0.25) is 5.32 Å². The summed E-state index contributed by atoms with van der Waals surface area (Å²) >= 11 is 6.20. The highest BCUT2D eigenvalue weighted by Crippen LogP contribution is 2.34. The molecule has 3 aromatic rings. The Bertz CT molecular complexity index is 1140. The minimum absolute atomic E-state index is 0.0165. The van der Waals surface area contributed by atoms with Crippen LogP contribution in [0.2, 0.25) is 5.15 Å². The van der Waals surface area contributed by atoms with Crippen molar-refractivity contribution in [3.05, 3.63) is 83.2 Å². The lowest BCUT2D eigenvalue weighted by Crippen LogP contribution is -2.14. The molecule has 0 bridgehead atoms. The third-order valence-electron chi connectivity index (χ3n) is 4.38. The zero-order valence-electron chi connectivity index (χ0n) is 15.2. The van der Waals surface area contributed by atoms with Gasteiger partial charge >= 0.3 is 6.09 Å². The molecule has 6 heteroatoms. The van der Waals surface area contributed by atoms with Crippen LogP contribution in [0, 0.1) is 0 Å². The lowest BCUT2D eigenvalue weighted by atomic mass is 10.0. The molecule has 0 aliphatic carbocycles. The lowest BCUT2D eigenvalue weighted by molar-refractivity contribution is 0.155. The summed E-state index contributed by atoms with van der Waals surface area (Å²) in [6, 6.07) is 14.9. The number of nitrogens with zero attached hydrogens (tertiary/aromatic N) is 1. The van der Waals surface area contributed by atoms with E-state index in [1.807, 2.05) is 49.4 Å². The van der Waals surface area contributed by atoms with E-state index in [-0.39, 0.29) is 6.61 Å². The fraction of sp³-hybridized carbons (Fsp3) is 0.0909. The number of halogens is 1. The summed E-state index contributed by atoms with van der Waals surface area (Å²) in [5, 5.41) is 3.94. The molecule has 28 heavy (non-hydrogen) atoms. The van der Waals surface area contributed by atoms with Crippen molar-refractivity contribution in [2.45, 2.75) is 13.5 Å². The fourth-order valence-electron chi connectivity index (χ4n) is 3.03. The van der Waals surface area contributed by atoms with Crippen molar-refractivity contribution in [1.82, 2.24) is 4.98 Å². The van der Waals surface area contributed by atoms with Gasteiger partial charge < -0.3 is 9.47 Å². The molecule has 2 heterocycles. The number of pyridine rings is 1. The van der Waals surface area contributed by atoms with Crippen LogP contribution >= 0.6 is 11.6 Å². The van der Waals surface area contributed by atoms with Gasteiger partial charge in [-0.15, -0.1) is 0 Å². The van der Waals surface area contributed by atoms with Crippen LogP contribution in [0.1, 0.15) is 18.1 Å². The van der Waals surface area contributed by atoms with E-state index in [2.05, 4.69) is 16.9 Å². The van der Waals surface area contributed by atoms with Crippen LogP contribution in [0.5, 0.6) is 5.75 Å². The fourth-order valence-corrected chi connectivity index (χ4v) is 3.24. The smallest absolute Gasteiger partial charge is 0.411 e. The van der Waals surface area contributed by atoms with E-state index in [1.54, 1.807) is 12.1 Å². The molecule has 0 saturated carbocycles. The van der Waals surface area contributed by atoms with Crippen LogP contribution < -0.4 is 10.1 Å². The van der Waals surface area contributed by atoms with E-state index in [0.29, 0.717) is 27.9 Å². The summed E-state index contributed by atoms with van der Waals surface area (Å²) in [4.78, 5) is 16.5. The molecule has 1 aliphatic rings. The largest absolute Gasteiger partial charge is 0.457 e. The number of anilines is 1. The number of carbonyl (C=O) groups excluding carboxylic acids is 1. The van der Waals surface area contributed by atoms with Crippen molar-refractivity contribution in [2.24, 2.45) is 0 Å². The van der Waals surface area contributed by atoms with Crippen LogP contribution in [0.15, 0.2) is 66.9 Å². The molecule has 1 aliphatic heterocycles. The van der Waals surface area contributed by atoms with Gasteiger partial charge in [-0.25, -0.2) is 9.78 Å². The average molecular weight is 393 g/mol. The predicted molar refractivity (Wildman–Crippen MR) is 110 cm³/mol. The number of nitrogens with one attached hydrogen (secondary N) is 1. The van der Waals surface area contributed by atoms with Crippen LogP contribution in [0.3, 0.4) is 0 Å². The molecular weight excluding hydrogens is 376 g/mol. The molecular formula is C22H17ClN2O3. The van der Waals surface area contributed by atoms with Crippen LogP contribution in [-0.4, -0.2) is 11.1 Å². The predicted octanol–water partition coefficient (Wildman–Crippen LogP) is 5.95. The Balaban J connectivity index is 1.44. The number of aromatic nitrogens is 1. The van der Waals surface area contributed by atoms with Crippen molar-refractivity contribution >= 4 is 39.9 Å². The number of carbonyl (C=O) groups is 1. The summed E-state index contributed by atoms with van der Waals surface area (Å²) in [6.07, 6.45) is 1.27. The molecule has 0 unspecified atom stereocenters. The van der Waals surface area contributed by atoms with E-state index in [4.69, 9.17) is 21.1 Å². The second-order valence-electron chi connectivity index (χ2n) is 6.44. The summed E-state index contributed by atoms with van der Waals surface area (Å²) in [6.45, 7) is 5.82. The Morgan fingerprint density at radius 1 is 1.25 bits per heavy atom. The van der Waals surface area contributed by atoms with Crippen molar-refractivity contribution in [1.29, 1.82) is 0 Å². The molecule has 0 radical (unpaired) electrons. The molecule has 4 rings (SSSR count). The number of rotatable bonds is 3. The number of fused-ring (bicyclic) bond motifs is 2. The third-order valence-corrected chi connectivity index (χ3v) is 4.71. The van der Waals surface area contributed by atoms with Crippen molar-refractivity contribution in [2.75, 3.05) is 5.32 Å². The Morgan fingerprint density at radius 2 is 2.07 bits per heavy atom. The highest BCUT2D eigenvalue weighted by molar-refractivity contribution is 6.30. The van der Waals surface area contributed by atoms with Crippen LogP contribution in [0.25, 0.3) is 16.5 Å². The van der Waals surface area contributed by atoms with Crippen molar-refractivity contribution < 1.29 is 14.3 Å². The summed E-state index contributed by atoms with van der Waals surface area (Å²) in [7, 11) is 0. The van der Waals surface area contributed by atoms with E-state index in [0.717, 1.165) is 22.0 Å². The molecule has 5 nitrogen and oxygen atoms in total. The zero-order valence-corrected chi connectivity index (χ0v) is 15.9. The van der Waals surface area contributed by atoms with Gasteiger partial charge in [-0.2, -0.15) is 0 Å². The molecule has 2 aromatic carbocycles. The van der Waals surface area contributed by atoms with Gasteiger partial charge in [0.15, 0.2) is 0 Å². The minimum atomic E-state index is -0.592. The molecule has 0 saturated heterocycles. The molecule has 1 aromatic heterocycles. The third kappa shape index (κ3) is 3.70. The zero-order chi connectivity index (χ0) is 19.7. The van der Waals surface area contributed by atoms with Gasteiger partial charge in [0.2, 0.25) is 0 Å². The Labute approximate surface area is 167 Å². The molecule has 1 amide bonds. The number of amides is 1. The average Bonchev–Trinajstić information content (AvgIpc) is 2.66. The number of hydrogen-bond acceptors (Lipinski definition) is 4. The van der Waals surface area contributed by atoms with E-state index in [9.17, 15) is 4.79 Å². The maximum atomic E-state index is 12.2. The number of ether oxygens (including phenoxy) is 2. The molecule has 0 fully saturated rings. The first kappa shape index (κ1) is 18.1. The van der Waals surface area contributed by atoms with Gasteiger partial charge in [-0.1, -0.05) is 36.4 Å². The van der Waals surface area contributed by atoms with Gasteiger partial charge in [0.05, 0.1) is 5.52 Å². The molecule has 1 N–H and O–H groups in total. The number of hydrogen-bond donors (Lipinski definition) is 1. The quantitative estimate of drug-likeness (QED) is 0.560. The molecule has 0 spiro atoms. The standard InChI is InChI=1S/C22H17ClN2O3/c1-13-9-14(2)28-20-11-17(7-8-18(13)20)24-22(26)27-12-16-10-15-5-3-4-6-19(15)25-21(16)23/h3-11H,2,12H2,1H3,(H,24,26). The van der Waals surface area contributed by atoms with Gasteiger partial charge in [0, 0.05) is 28.3 Å². The van der Waals surface area contributed by atoms with Crippen molar-refractivity contribution in [3.63, 3.8) is 0 Å². The second-order valence-corrected chi connectivity index (χ2v) is 6.80. The van der Waals surface area contributed by atoms with E-state index < -0.39 is 6.09 Å². The minimum Gasteiger partial charge on any atom is -0.457 e. The monoisotopic (exact) mass is 392 g/mol. The van der Waals surface area contributed by atoms with E-state index in [1.165, 1.54) is 0 Å². The first-order chi connectivity index (χ1) is 13.5. The molecule has 0 atom stereocenters. The lowest BCUT2D eigenvalue weighted by Gasteiger charge is -2.18. The normalized spacial score (nSPS) is 12.8. The first-order valence-electron chi connectivity index (χ1n) is 8.67. The molecule has 140 valence electrons. The summed E-state index contributed by atoms with van der Waals surface area (Å²) < 4.78 is 10.9. The first-order valence-corrected chi connectivity index (χ1v) is 9.05. The Hall–Kier alpha value is -3.31. The highest BCUT2D eigenvalue weighted by atomic mass is 35.5. The Kier molecular flexibility index (Phi) is 4.75. The number of benzene rings is 2. The summed E-state index contributed by atoms with van der Waals surface area (Å²) in [5.41, 5.74) is 4.01. The van der Waals surface area contributed by atoms with E-state index >= 15 is 0 Å². The topological polar surface area (TPSA) is 60.5 Å². The maximum absolute atomic E-state index is 12.2. The number of allylic oxidation sites excluding steroid dienone is 2.